The lowest BCUT2D eigenvalue weighted by Gasteiger charge is -2.28. The number of unbranched alkanes of at least 4 members (excludes halogenated alkanes) is 13. The molecule has 0 spiro atoms. The van der Waals surface area contributed by atoms with E-state index in [1.165, 1.54) is 89.0 Å². The van der Waals surface area contributed by atoms with Gasteiger partial charge in [-0.05, 0) is 55.7 Å². The molecule has 2 rings (SSSR count). The molecule has 0 amide bonds. The van der Waals surface area contributed by atoms with E-state index in [-0.39, 0.29) is 11.7 Å². The van der Waals surface area contributed by atoms with Crippen LogP contribution in [0, 0.1) is 11.7 Å². The van der Waals surface area contributed by atoms with E-state index in [4.69, 9.17) is 0 Å². The van der Waals surface area contributed by atoms with E-state index in [0.29, 0.717) is 11.7 Å². The van der Waals surface area contributed by atoms with Crippen LogP contribution < -0.4 is 0 Å². The molecule has 1 fully saturated rings. The third-order valence-corrected chi connectivity index (χ3v) is 7.30. The Morgan fingerprint density at radius 2 is 1.16 bits per heavy atom. The van der Waals surface area contributed by atoms with Crippen molar-refractivity contribution in [2.45, 2.75) is 135 Å². The minimum atomic E-state index is -0.166. The number of benzene rings is 1. The number of Topliss-reactive ketones (excluding diaryl/α,β-unsaturated/α-hetero) is 1. The summed E-state index contributed by atoms with van der Waals surface area (Å²) < 4.78 is 13.1. The monoisotopic (exact) mass is 430 g/mol. The van der Waals surface area contributed by atoms with Crippen LogP contribution in [0.5, 0.6) is 0 Å². The van der Waals surface area contributed by atoms with Gasteiger partial charge in [0, 0.05) is 12.3 Å². The van der Waals surface area contributed by atoms with Gasteiger partial charge in [0.2, 0.25) is 0 Å². The Hall–Kier alpha value is -1.18. The molecule has 1 aliphatic rings. The maximum Gasteiger partial charge on any atom is 0.135 e. The largest absolute Gasteiger partial charge is 0.299 e. The van der Waals surface area contributed by atoms with E-state index in [1.54, 1.807) is 12.1 Å². The third kappa shape index (κ3) is 11.3. The van der Waals surface area contributed by atoms with Gasteiger partial charge < -0.3 is 0 Å². The summed E-state index contributed by atoms with van der Waals surface area (Å²) in [5, 5.41) is 0. The van der Waals surface area contributed by atoms with E-state index in [1.807, 2.05) is 12.1 Å². The topological polar surface area (TPSA) is 17.1 Å². The zero-order valence-electron chi connectivity index (χ0n) is 20.2. The molecule has 0 heterocycles. The molecule has 1 aromatic carbocycles. The smallest absolute Gasteiger partial charge is 0.135 e. The molecule has 176 valence electrons. The molecule has 1 nitrogen and oxygen atoms in total. The maximum atomic E-state index is 13.1. The predicted octanol–water partition coefficient (Wildman–Crippen LogP) is 9.54. The molecule has 0 atom stereocenters. The van der Waals surface area contributed by atoms with Gasteiger partial charge in [0.05, 0.1) is 0 Å². The van der Waals surface area contributed by atoms with Crippen LogP contribution in [-0.4, -0.2) is 5.78 Å². The molecule has 1 aliphatic carbocycles. The van der Waals surface area contributed by atoms with Gasteiger partial charge >= 0.3 is 0 Å². The summed E-state index contributed by atoms with van der Waals surface area (Å²) in [7, 11) is 0. The molecule has 1 saturated carbocycles. The molecule has 0 aromatic heterocycles. The molecular weight excluding hydrogens is 383 g/mol. The second-order valence-corrected chi connectivity index (χ2v) is 9.91. The molecule has 0 aliphatic heterocycles. The minimum absolute atomic E-state index is 0.166. The average molecular weight is 431 g/mol. The molecule has 0 unspecified atom stereocenters. The molecule has 0 N–H and O–H groups in total. The van der Waals surface area contributed by atoms with Gasteiger partial charge in [0.15, 0.2) is 0 Å². The van der Waals surface area contributed by atoms with Gasteiger partial charge in [-0.2, -0.15) is 0 Å². The fraction of sp³-hybridized carbons (Fsp3) is 0.759. The fourth-order valence-corrected chi connectivity index (χ4v) is 5.18. The van der Waals surface area contributed by atoms with E-state index in [0.717, 1.165) is 38.5 Å². The lowest BCUT2D eigenvalue weighted by molar-refractivity contribution is -0.124. The summed E-state index contributed by atoms with van der Waals surface area (Å²) in [5.74, 6) is 1.11. The van der Waals surface area contributed by atoms with E-state index in [2.05, 4.69) is 6.92 Å². The van der Waals surface area contributed by atoms with E-state index >= 15 is 0 Å². The molecule has 0 radical (unpaired) electrons. The van der Waals surface area contributed by atoms with Crippen LogP contribution in [-0.2, 0) is 4.79 Å². The van der Waals surface area contributed by atoms with Crippen molar-refractivity contribution in [3.8, 4) is 0 Å². The summed E-state index contributed by atoms with van der Waals surface area (Å²) in [6.07, 6.45) is 23.9. The summed E-state index contributed by atoms with van der Waals surface area (Å²) >= 11 is 0. The highest BCUT2D eigenvalue weighted by Crippen LogP contribution is 2.36. The standard InChI is InChI=1S/C29H47FO/c1-2-3-4-5-6-7-8-9-10-11-12-13-14-15-16-29(31)27-19-17-25(18-20-27)26-21-23-28(30)24-22-26/h21-25,27H,2-20H2,1H3/t25-,27-. The number of halogens is 1. The van der Waals surface area contributed by atoms with Gasteiger partial charge in [0.1, 0.15) is 11.6 Å². The molecule has 1 aromatic rings. The van der Waals surface area contributed by atoms with Crippen LogP contribution in [0.15, 0.2) is 24.3 Å². The second-order valence-electron chi connectivity index (χ2n) is 9.91. The summed E-state index contributed by atoms with van der Waals surface area (Å²) in [5.41, 5.74) is 1.24. The molecular formula is C29H47FO. The zero-order chi connectivity index (χ0) is 22.2. The van der Waals surface area contributed by atoms with Crippen LogP contribution in [0.4, 0.5) is 4.39 Å². The number of carbonyl (C=O) groups is 1. The first-order valence-corrected chi connectivity index (χ1v) is 13.5. The quantitative estimate of drug-likeness (QED) is 0.225. The summed E-state index contributed by atoms with van der Waals surface area (Å²) in [6.45, 7) is 2.28. The van der Waals surface area contributed by atoms with Crippen LogP contribution in [0.2, 0.25) is 0 Å². The van der Waals surface area contributed by atoms with Crippen LogP contribution in [0.3, 0.4) is 0 Å². The highest BCUT2D eigenvalue weighted by atomic mass is 19.1. The Kier molecular flexibility index (Phi) is 13.8. The normalized spacial score (nSPS) is 18.9. The lowest BCUT2D eigenvalue weighted by Crippen LogP contribution is -2.21. The van der Waals surface area contributed by atoms with Crippen molar-refractivity contribution in [1.82, 2.24) is 0 Å². The highest BCUT2D eigenvalue weighted by Gasteiger charge is 2.26. The van der Waals surface area contributed by atoms with Crippen LogP contribution >= 0.6 is 0 Å². The molecule has 0 bridgehead atoms. The zero-order valence-corrected chi connectivity index (χ0v) is 20.2. The second kappa shape index (κ2) is 16.5. The summed E-state index contributed by atoms with van der Waals surface area (Å²) in [6, 6.07) is 6.94. The number of carbonyl (C=O) groups excluding carboxylic acids is 1. The van der Waals surface area contributed by atoms with Crippen molar-refractivity contribution in [2.75, 3.05) is 0 Å². The van der Waals surface area contributed by atoms with Crippen molar-refractivity contribution >= 4 is 5.78 Å². The predicted molar refractivity (Wildman–Crippen MR) is 131 cm³/mol. The third-order valence-electron chi connectivity index (χ3n) is 7.30. The molecule has 0 saturated heterocycles. The van der Waals surface area contributed by atoms with Crippen LogP contribution in [0.1, 0.15) is 140 Å². The van der Waals surface area contributed by atoms with E-state index in [9.17, 15) is 9.18 Å². The first-order chi connectivity index (χ1) is 15.2. The Morgan fingerprint density at radius 1 is 0.710 bits per heavy atom. The Labute approximate surface area is 191 Å². The van der Waals surface area contributed by atoms with Crippen molar-refractivity contribution < 1.29 is 9.18 Å². The SMILES string of the molecule is CCCCCCCCCCCCCCCCC(=O)[C@H]1CC[C@H](c2ccc(F)cc2)CC1. The van der Waals surface area contributed by atoms with Crippen molar-refractivity contribution in [3.63, 3.8) is 0 Å². The fourth-order valence-electron chi connectivity index (χ4n) is 5.18. The van der Waals surface area contributed by atoms with Gasteiger partial charge in [-0.15, -0.1) is 0 Å². The van der Waals surface area contributed by atoms with Crippen molar-refractivity contribution in [2.24, 2.45) is 5.92 Å². The number of hydrogen-bond acceptors (Lipinski definition) is 1. The van der Waals surface area contributed by atoms with E-state index < -0.39 is 0 Å². The van der Waals surface area contributed by atoms with Gasteiger partial charge in [-0.25, -0.2) is 4.39 Å². The average Bonchev–Trinajstić information content (AvgIpc) is 2.80. The maximum absolute atomic E-state index is 13.1. The van der Waals surface area contributed by atoms with Gasteiger partial charge in [0.25, 0.3) is 0 Å². The Bertz CT molecular complexity index is 571. The lowest BCUT2D eigenvalue weighted by atomic mass is 9.76. The first-order valence-electron chi connectivity index (χ1n) is 13.5. The first kappa shape index (κ1) is 26.1. The Morgan fingerprint density at radius 3 is 1.65 bits per heavy atom. The molecule has 31 heavy (non-hydrogen) atoms. The molecule has 2 heteroatoms. The van der Waals surface area contributed by atoms with Gasteiger partial charge in [-0.3, -0.25) is 4.79 Å². The minimum Gasteiger partial charge on any atom is -0.299 e. The highest BCUT2D eigenvalue weighted by molar-refractivity contribution is 5.81. The number of rotatable bonds is 17. The van der Waals surface area contributed by atoms with Crippen molar-refractivity contribution in [1.29, 1.82) is 0 Å². The number of hydrogen-bond donors (Lipinski definition) is 0. The van der Waals surface area contributed by atoms with Gasteiger partial charge in [-0.1, -0.05) is 103 Å². The summed E-state index contributed by atoms with van der Waals surface area (Å²) in [4.78, 5) is 12.6. The Balaban J connectivity index is 1.40. The van der Waals surface area contributed by atoms with Crippen LogP contribution in [0.25, 0.3) is 0 Å². The number of ketones is 1. The van der Waals surface area contributed by atoms with Crippen molar-refractivity contribution in [3.05, 3.63) is 35.6 Å².